The molecule has 130 valence electrons. The number of benzene rings is 1. The number of carbonyl (C=O) groups is 1. The monoisotopic (exact) mass is 395 g/mol. The molecule has 0 saturated heterocycles. The Morgan fingerprint density at radius 3 is 2.83 bits per heavy atom. The van der Waals surface area contributed by atoms with E-state index in [1.54, 1.807) is 12.1 Å². The zero-order valence-corrected chi connectivity index (χ0v) is 15.3. The lowest BCUT2D eigenvalue weighted by Crippen LogP contribution is -2.44. The zero-order chi connectivity index (χ0) is 17.3. The Hall–Kier alpha value is -1.37. The molecule has 6 heteroatoms. The van der Waals surface area contributed by atoms with Crippen LogP contribution in [0.4, 0.5) is 0 Å². The number of aliphatic hydroxyl groups is 1. The minimum absolute atomic E-state index is 0.00481. The lowest BCUT2D eigenvalue weighted by atomic mass is 9.80. The molecule has 3 rings (SSSR count). The van der Waals surface area contributed by atoms with E-state index in [4.69, 9.17) is 4.74 Å². The largest absolute Gasteiger partial charge is 0.504 e. The summed E-state index contributed by atoms with van der Waals surface area (Å²) in [5.41, 5.74) is 3.49. The fourth-order valence-corrected chi connectivity index (χ4v) is 4.22. The third-order valence-electron chi connectivity index (χ3n) is 5.02. The van der Waals surface area contributed by atoms with Gasteiger partial charge in [-0.2, -0.15) is 0 Å². The minimum Gasteiger partial charge on any atom is -0.504 e. The molecule has 2 aliphatic rings. The maximum absolute atomic E-state index is 11.8. The van der Waals surface area contributed by atoms with Gasteiger partial charge in [-0.15, -0.1) is 0 Å². The first-order valence-corrected chi connectivity index (χ1v) is 8.95. The Balaban J connectivity index is 1.92. The summed E-state index contributed by atoms with van der Waals surface area (Å²) in [6.45, 7) is 0.752. The van der Waals surface area contributed by atoms with Crippen molar-refractivity contribution >= 4 is 21.7 Å². The Morgan fingerprint density at radius 1 is 1.33 bits per heavy atom. The van der Waals surface area contributed by atoms with Gasteiger partial charge in [0.25, 0.3) is 0 Å². The van der Waals surface area contributed by atoms with Gasteiger partial charge in [-0.25, -0.2) is 0 Å². The Bertz CT molecular complexity index is 686. The molecule has 1 aromatic rings. The van der Waals surface area contributed by atoms with Crippen LogP contribution in [-0.4, -0.2) is 47.3 Å². The highest BCUT2D eigenvalue weighted by Gasteiger charge is 2.32. The number of ether oxygens (including phenoxy) is 1. The van der Waals surface area contributed by atoms with Crippen LogP contribution in [0.5, 0.6) is 11.5 Å². The van der Waals surface area contributed by atoms with E-state index in [0.717, 1.165) is 29.4 Å². The quantitative estimate of drug-likeness (QED) is 0.767. The van der Waals surface area contributed by atoms with Crippen molar-refractivity contribution < 1.29 is 19.7 Å². The summed E-state index contributed by atoms with van der Waals surface area (Å²) in [6.07, 6.45) is 3.44. The number of hydrogen-bond donors (Lipinski definition) is 2. The third-order valence-corrected chi connectivity index (χ3v) is 5.76. The molecule has 1 aliphatic heterocycles. The topological polar surface area (TPSA) is 70.0 Å². The smallest absolute Gasteiger partial charge is 0.161 e. The van der Waals surface area contributed by atoms with Crippen molar-refractivity contribution in [3.8, 4) is 11.5 Å². The van der Waals surface area contributed by atoms with Gasteiger partial charge in [0.1, 0.15) is 5.78 Å². The molecule has 0 fully saturated rings. The lowest BCUT2D eigenvalue weighted by Gasteiger charge is -2.39. The molecule has 0 aromatic heterocycles. The minimum atomic E-state index is -0.00481. The average molecular weight is 396 g/mol. The summed E-state index contributed by atoms with van der Waals surface area (Å²) in [4.78, 5) is 13.8. The number of nitrogens with zero attached hydrogens (tertiary/aromatic N) is 1. The molecule has 0 bridgehead atoms. The summed E-state index contributed by atoms with van der Waals surface area (Å²) >= 11 is 3.55. The predicted octanol–water partition coefficient (Wildman–Crippen LogP) is 2.78. The summed E-state index contributed by atoms with van der Waals surface area (Å²) in [6, 6.07) is 3.54. The molecule has 1 atom stereocenters. The van der Waals surface area contributed by atoms with Gasteiger partial charge < -0.3 is 14.9 Å². The fraction of sp³-hybridized carbons (Fsp3) is 0.500. The zero-order valence-electron chi connectivity index (χ0n) is 13.7. The van der Waals surface area contributed by atoms with E-state index in [0.29, 0.717) is 30.8 Å². The van der Waals surface area contributed by atoms with Crippen LogP contribution in [0.1, 0.15) is 31.2 Å². The first-order valence-electron chi connectivity index (χ1n) is 8.16. The number of aliphatic hydroxyl groups excluding tert-OH is 1. The van der Waals surface area contributed by atoms with Crippen molar-refractivity contribution in [1.82, 2.24) is 4.90 Å². The molecular weight excluding hydrogens is 374 g/mol. The number of ketones is 1. The highest BCUT2D eigenvalue weighted by molar-refractivity contribution is 9.10. The number of Topliss-reactive ketones (excluding diaryl/α,β-unsaturated/α-hetero) is 1. The van der Waals surface area contributed by atoms with Crippen LogP contribution >= 0.6 is 15.9 Å². The van der Waals surface area contributed by atoms with E-state index in [9.17, 15) is 15.0 Å². The van der Waals surface area contributed by atoms with Gasteiger partial charge in [0.15, 0.2) is 11.5 Å². The van der Waals surface area contributed by atoms with Gasteiger partial charge in [-0.3, -0.25) is 9.69 Å². The summed E-state index contributed by atoms with van der Waals surface area (Å²) in [7, 11) is 1.52. The summed E-state index contributed by atoms with van der Waals surface area (Å²) in [5.74, 6) is 0.847. The van der Waals surface area contributed by atoms with Crippen LogP contribution in [0, 0.1) is 0 Å². The molecular formula is C18H22BrNO4. The first-order chi connectivity index (χ1) is 11.5. The van der Waals surface area contributed by atoms with Crippen LogP contribution in [0.15, 0.2) is 27.8 Å². The molecule has 1 heterocycles. The van der Waals surface area contributed by atoms with E-state index in [-0.39, 0.29) is 18.5 Å². The Morgan fingerprint density at radius 2 is 2.12 bits per heavy atom. The maximum Gasteiger partial charge on any atom is 0.161 e. The normalized spacial score (nSPS) is 21.8. The first kappa shape index (κ1) is 17.5. The molecule has 0 radical (unpaired) electrons. The Kier molecular flexibility index (Phi) is 5.27. The second-order valence-electron chi connectivity index (χ2n) is 6.38. The number of phenolic OH excluding ortho intramolecular Hbond substituents is 1. The van der Waals surface area contributed by atoms with Gasteiger partial charge >= 0.3 is 0 Å². The number of phenols is 1. The molecule has 0 amide bonds. The second-order valence-corrected chi connectivity index (χ2v) is 7.24. The molecule has 0 spiro atoms. The van der Waals surface area contributed by atoms with Crippen LogP contribution in [0.25, 0.3) is 0 Å². The van der Waals surface area contributed by atoms with E-state index in [1.807, 2.05) is 4.90 Å². The van der Waals surface area contributed by atoms with Crippen molar-refractivity contribution in [2.24, 2.45) is 0 Å². The van der Waals surface area contributed by atoms with Crippen molar-refractivity contribution in [3.63, 3.8) is 0 Å². The van der Waals surface area contributed by atoms with Crippen molar-refractivity contribution in [2.75, 3.05) is 20.4 Å². The number of hydrogen-bond acceptors (Lipinski definition) is 5. The van der Waals surface area contributed by atoms with Crippen LogP contribution in [-0.2, 0) is 11.2 Å². The van der Waals surface area contributed by atoms with Gasteiger partial charge in [0.2, 0.25) is 0 Å². The Labute approximate surface area is 150 Å². The lowest BCUT2D eigenvalue weighted by molar-refractivity contribution is -0.119. The molecule has 5 nitrogen and oxygen atoms in total. The van der Waals surface area contributed by atoms with E-state index in [1.165, 1.54) is 18.3 Å². The molecule has 1 aliphatic carbocycles. The SMILES string of the molecule is COc1cc(Br)c(CC2C3=C(CCN2CO)CC(=O)CC3)cc1O. The fourth-order valence-electron chi connectivity index (χ4n) is 3.73. The predicted molar refractivity (Wildman–Crippen MR) is 94.1 cm³/mol. The second kappa shape index (κ2) is 7.25. The number of aromatic hydroxyl groups is 1. The van der Waals surface area contributed by atoms with E-state index < -0.39 is 0 Å². The number of carbonyl (C=O) groups excluding carboxylic acids is 1. The van der Waals surface area contributed by atoms with Crippen LogP contribution < -0.4 is 4.74 Å². The van der Waals surface area contributed by atoms with Crippen molar-refractivity contribution in [3.05, 3.63) is 33.3 Å². The van der Waals surface area contributed by atoms with E-state index >= 15 is 0 Å². The van der Waals surface area contributed by atoms with Gasteiger partial charge in [-0.1, -0.05) is 27.1 Å². The molecule has 1 aromatic carbocycles. The highest BCUT2D eigenvalue weighted by Crippen LogP contribution is 2.38. The van der Waals surface area contributed by atoms with E-state index in [2.05, 4.69) is 15.9 Å². The van der Waals surface area contributed by atoms with Crippen LogP contribution in [0.2, 0.25) is 0 Å². The number of halogens is 1. The van der Waals surface area contributed by atoms with Gasteiger partial charge in [0.05, 0.1) is 13.8 Å². The maximum atomic E-state index is 11.8. The molecule has 0 saturated carbocycles. The highest BCUT2D eigenvalue weighted by atomic mass is 79.9. The van der Waals surface area contributed by atoms with Gasteiger partial charge in [0, 0.05) is 29.9 Å². The summed E-state index contributed by atoms with van der Waals surface area (Å²) < 4.78 is 6.00. The van der Waals surface area contributed by atoms with Crippen molar-refractivity contribution in [1.29, 1.82) is 0 Å². The number of methoxy groups -OCH3 is 1. The number of rotatable bonds is 4. The molecule has 1 unspecified atom stereocenters. The molecule has 2 N–H and O–H groups in total. The van der Waals surface area contributed by atoms with Crippen molar-refractivity contribution in [2.45, 2.75) is 38.1 Å². The average Bonchev–Trinajstić information content (AvgIpc) is 2.57. The molecule has 24 heavy (non-hydrogen) atoms. The van der Waals surface area contributed by atoms with Crippen LogP contribution in [0.3, 0.4) is 0 Å². The third kappa shape index (κ3) is 3.36. The van der Waals surface area contributed by atoms with Gasteiger partial charge in [-0.05, 0) is 37.0 Å². The standard InChI is InChI=1S/C18H22BrNO4/c1-24-18-9-15(19)12(8-17(18)23)7-16-14-3-2-13(22)6-11(14)4-5-20(16)10-21/h8-9,16,21,23H,2-7,10H2,1H3. The summed E-state index contributed by atoms with van der Waals surface area (Å²) in [5, 5.41) is 19.8.